The molecule has 3 aliphatic rings. The van der Waals surface area contributed by atoms with Crippen molar-refractivity contribution in [2.45, 2.75) is 102 Å². The number of nitrogens with one attached hydrogen (secondary N) is 3. The van der Waals surface area contributed by atoms with Gasteiger partial charge >= 0.3 is 23.7 Å². The van der Waals surface area contributed by atoms with E-state index in [-0.39, 0.29) is 76.4 Å². The zero-order valence-electron chi connectivity index (χ0n) is 38.5. The molecule has 366 valence electrons. The fraction of sp³-hybridized carbons (Fsp3) is 0.417. The third-order valence-electron chi connectivity index (χ3n) is 13.0. The molecule has 21 heteroatoms. The number of nitrogens with zero attached hydrogens (tertiary/aromatic N) is 4. The Bertz CT molecular complexity index is 3030. The minimum atomic E-state index is -3.82. The maximum atomic E-state index is 14.1. The quantitative estimate of drug-likeness (QED) is 0.0680. The lowest BCUT2D eigenvalue weighted by molar-refractivity contribution is -0.139. The van der Waals surface area contributed by atoms with Crippen LogP contribution in [0.25, 0.3) is 21.5 Å². The number of likely N-dealkylation sites (tertiary alicyclic amines) is 1. The number of anilines is 2. The fourth-order valence-corrected chi connectivity index (χ4v) is 13.3. The predicted octanol–water partition coefficient (Wildman–Crippen LogP) is 7.50. The molecule has 18 nitrogen and oxygen atoms in total. The zero-order chi connectivity index (χ0) is 49.5. The number of fused-ring (bicyclic) bond motifs is 1. The maximum Gasteiger partial charge on any atom is 0.349 e. The van der Waals surface area contributed by atoms with E-state index in [1.807, 2.05) is 52.0 Å². The molecule has 5 aromatic rings. The normalized spacial score (nSPS) is 19.1. The number of ether oxygens (including phenoxy) is 1. The average molecular weight is 1000 g/mol. The Morgan fingerprint density at radius 3 is 2.33 bits per heavy atom. The van der Waals surface area contributed by atoms with Gasteiger partial charge in [-0.05, 0) is 119 Å². The average Bonchev–Trinajstić information content (AvgIpc) is 3.77. The number of carboxylic acid groups (broad SMARTS) is 2. The maximum absolute atomic E-state index is 14.1. The third-order valence-corrected chi connectivity index (χ3v) is 16.8. The summed E-state index contributed by atoms with van der Waals surface area (Å²) in [5.74, 6) is -3.76. The Morgan fingerprint density at radius 1 is 0.928 bits per heavy atom. The molecule has 5 N–H and O–H groups in total. The molecule has 0 spiro atoms. The van der Waals surface area contributed by atoms with Crippen molar-refractivity contribution in [2.75, 3.05) is 36.9 Å². The molecule has 3 saturated heterocycles. The number of piperidine rings is 3. The second kappa shape index (κ2) is 19.6. The molecule has 2 atom stereocenters. The number of carbonyl (C=O) groups is 5. The summed E-state index contributed by atoms with van der Waals surface area (Å²) < 4.78 is 38.1. The number of urea groups is 1. The van der Waals surface area contributed by atoms with Gasteiger partial charge in [-0.25, -0.2) is 27.6 Å². The van der Waals surface area contributed by atoms with Crippen molar-refractivity contribution < 1.29 is 47.3 Å². The van der Waals surface area contributed by atoms with Crippen molar-refractivity contribution in [3.8, 4) is 16.2 Å². The molecule has 1 unspecified atom stereocenters. The van der Waals surface area contributed by atoms with Crippen LogP contribution in [0.4, 0.5) is 16.2 Å². The highest BCUT2D eigenvalue weighted by molar-refractivity contribution is 7.88. The summed E-state index contributed by atoms with van der Waals surface area (Å²) in [5.41, 5.74) is 3.61. The summed E-state index contributed by atoms with van der Waals surface area (Å²) in [6.45, 7) is 8.05. The van der Waals surface area contributed by atoms with E-state index < -0.39 is 46.1 Å². The van der Waals surface area contributed by atoms with Crippen molar-refractivity contribution in [1.29, 1.82) is 0 Å². The fourth-order valence-electron chi connectivity index (χ4n) is 9.88. The molecular weight excluding hydrogens is 950 g/mol. The van der Waals surface area contributed by atoms with Gasteiger partial charge in [0.15, 0.2) is 17.2 Å². The smallest absolute Gasteiger partial charge is 0.349 e. The van der Waals surface area contributed by atoms with E-state index in [1.54, 1.807) is 51.9 Å². The lowest BCUT2D eigenvalue weighted by atomic mass is 9.89. The number of aromatic carboxylic acids is 1. The summed E-state index contributed by atoms with van der Waals surface area (Å²) in [6, 6.07) is 18.5. The molecule has 0 bridgehead atoms. The number of hydrogen-bond donors (Lipinski definition) is 5. The molecular formula is C48H54ClN7O11S2. The summed E-state index contributed by atoms with van der Waals surface area (Å²) in [4.78, 5) is 76.8. The van der Waals surface area contributed by atoms with E-state index in [4.69, 9.17) is 21.4 Å². The van der Waals surface area contributed by atoms with E-state index in [1.165, 1.54) is 8.87 Å². The Morgan fingerprint density at radius 2 is 1.65 bits per heavy atom. The van der Waals surface area contributed by atoms with Crippen LogP contribution in [0.5, 0.6) is 5.75 Å². The number of aliphatic carboxylic acids is 1. The highest BCUT2D eigenvalue weighted by Crippen LogP contribution is 2.46. The first kappa shape index (κ1) is 49.2. The number of benzene rings is 3. The number of thiophene rings is 1. The minimum Gasteiger partial charge on any atom is -0.479 e. The van der Waals surface area contributed by atoms with Crippen molar-refractivity contribution in [3.63, 3.8) is 0 Å². The molecule has 69 heavy (non-hydrogen) atoms. The standard InChI is InChI=1S/C48H54ClN7O11S2/c1-27(2)55-37-23-30(11-12-35(37)56(47(55)64)36-13-14-38(57)52-44(36)60)29-15-18-53(19-16-29)46(63)51-32-9-5-7-28(21-32)26-69(65,66)54-20-17-34(24-48(54,3)4)50-33-10-6-8-31(22-33)42-40(49)41(67-25-39(58)59)43(68-42)45(61)62/h5-12,21-23,27,29,34,36,50H,13-20,24-26H2,1-4H3,(H,51,63)(H,58,59)(H,61,62)(H,52,57,60)/t34-,36?/m0/s1. The van der Waals surface area contributed by atoms with Gasteiger partial charge in [0.05, 0.1) is 21.7 Å². The summed E-state index contributed by atoms with van der Waals surface area (Å²) in [5, 5.41) is 27.6. The topological polar surface area (TPSA) is 239 Å². The monoisotopic (exact) mass is 1000 g/mol. The predicted molar refractivity (Wildman–Crippen MR) is 262 cm³/mol. The molecule has 0 radical (unpaired) electrons. The highest BCUT2D eigenvalue weighted by atomic mass is 35.5. The van der Waals surface area contributed by atoms with Crippen molar-refractivity contribution in [3.05, 3.63) is 98.2 Å². The number of halogens is 1. The molecule has 3 fully saturated rings. The van der Waals surface area contributed by atoms with Gasteiger partial charge in [-0.1, -0.05) is 41.9 Å². The lowest BCUT2D eigenvalue weighted by Crippen LogP contribution is -2.55. The van der Waals surface area contributed by atoms with Crippen molar-refractivity contribution in [2.24, 2.45) is 0 Å². The molecule has 8 rings (SSSR count). The van der Waals surface area contributed by atoms with Gasteiger partial charge in [0.1, 0.15) is 11.1 Å². The molecule has 5 heterocycles. The SMILES string of the molecule is CC(C)n1c(=O)n(C2CCC(=O)NC2=O)c2ccc(C3CCN(C(=O)Nc4cccc(CS(=O)(=O)N5CC[C@H](Nc6cccc(-c7sc(C(=O)O)c(OCC(=O)O)c7Cl)c6)CC5(C)C)c4)CC3)cc21. The number of sulfonamides is 1. The van der Waals surface area contributed by atoms with Crippen LogP contribution in [0.3, 0.4) is 0 Å². The van der Waals surface area contributed by atoms with E-state index in [0.29, 0.717) is 77.2 Å². The lowest BCUT2D eigenvalue weighted by Gasteiger charge is -2.45. The number of amides is 4. The molecule has 2 aromatic heterocycles. The second-order valence-electron chi connectivity index (χ2n) is 18.7. The van der Waals surface area contributed by atoms with E-state index in [0.717, 1.165) is 16.9 Å². The van der Waals surface area contributed by atoms with Crippen LogP contribution in [-0.2, 0) is 30.2 Å². The molecule has 0 saturated carbocycles. The van der Waals surface area contributed by atoms with Crippen molar-refractivity contribution in [1.82, 2.24) is 23.7 Å². The van der Waals surface area contributed by atoms with Crippen LogP contribution in [0, 0.1) is 0 Å². The van der Waals surface area contributed by atoms with Crippen LogP contribution in [0.2, 0.25) is 5.02 Å². The van der Waals surface area contributed by atoms with E-state index >= 15 is 0 Å². The number of hydrogen-bond acceptors (Lipinski definition) is 11. The first-order valence-corrected chi connectivity index (χ1v) is 25.5. The van der Waals surface area contributed by atoms with E-state index in [2.05, 4.69) is 16.0 Å². The minimum absolute atomic E-state index is 0.00338. The zero-order valence-corrected chi connectivity index (χ0v) is 40.9. The number of imidazole rings is 1. The molecule has 3 aromatic carbocycles. The third kappa shape index (κ3) is 10.4. The summed E-state index contributed by atoms with van der Waals surface area (Å²) in [6.07, 6.45) is 2.75. The molecule has 4 amide bonds. The highest BCUT2D eigenvalue weighted by Gasteiger charge is 2.42. The Kier molecular flexibility index (Phi) is 14.0. The summed E-state index contributed by atoms with van der Waals surface area (Å²) in [7, 11) is -3.82. The van der Waals surface area contributed by atoms with Crippen molar-refractivity contribution >= 4 is 85.2 Å². The second-order valence-corrected chi connectivity index (χ2v) is 22.0. The first-order valence-electron chi connectivity index (χ1n) is 22.7. The summed E-state index contributed by atoms with van der Waals surface area (Å²) >= 11 is 7.40. The van der Waals surface area contributed by atoms with Crippen LogP contribution in [0.15, 0.2) is 71.5 Å². The van der Waals surface area contributed by atoms with Gasteiger partial charge in [0.25, 0.3) is 0 Å². The Balaban J connectivity index is 0.869. The van der Waals surface area contributed by atoms with Crippen LogP contribution in [-0.4, -0.2) is 105 Å². The molecule has 0 aliphatic carbocycles. The Hall–Kier alpha value is -6.22. The van der Waals surface area contributed by atoms with E-state index in [9.17, 15) is 42.3 Å². The van der Waals surface area contributed by atoms with Gasteiger partial charge < -0.3 is 30.5 Å². The first-order chi connectivity index (χ1) is 32.7. The molecule has 3 aliphatic heterocycles. The van der Waals surface area contributed by atoms with Gasteiger partial charge in [0, 0.05) is 55.1 Å². The van der Waals surface area contributed by atoms with Crippen LogP contribution < -0.4 is 26.4 Å². The Labute approximate surface area is 407 Å². The van der Waals surface area contributed by atoms with Gasteiger partial charge in [0.2, 0.25) is 21.8 Å². The van der Waals surface area contributed by atoms with Crippen LogP contribution >= 0.6 is 22.9 Å². The number of carboxylic acids is 2. The number of rotatable bonds is 14. The number of carbonyl (C=O) groups excluding carboxylic acids is 3. The largest absolute Gasteiger partial charge is 0.479 e. The van der Waals surface area contributed by atoms with Gasteiger partial charge in [-0.2, -0.15) is 4.31 Å². The van der Waals surface area contributed by atoms with Gasteiger partial charge in [-0.15, -0.1) is 11.3 Å². The number of imide groups is 1. The van der Waals surface area contributed by atoms with Crippen LogP contribution in [0.1, 0.15) is 105 Å². The van der Waals surface area contributed by atoms with Gasteiger partial charge in [-0.3, -0.25) is 24.0 Å². The number of aromatic nitrogens is 2.